The highest BCUT2D eigenvalue weighted by atomic mass is 16.5. The molecule has 1 aromatic carbocycles. The zero-order valence-corrected chi connectivity index (χ0v) is 13.8. The van der Waals surface area contributed by atoms with E-state index < -0.39 is 6.10 Å². The van der Waals surface area contributed by atoms with Gasteiger partial charge in [-0.1, -0.05) is 13.0 Å². The highest BCUT2D eigenvalue weighted by Crippen LogP contribution is 2.30. The van der Waals surface area contributed by atoms with Crippen molar-refractivity contribution in [2.75, 3.05) is 6.61 Å². The predicted molar refractivity (Wildman–Crippen MR) is 91.8 cm³/mol. The van der Waals surface area contributed by atoms with E-state index in [2.05, 4.69) is 6.92 Å². The Bertz CT molecular complexity index is 804. The zero-order chi connectivity index (χ0) is 16.4. The molecule has 0 radical (unpaired) electrons. The maximum atomic E-state index is 10.2. The molecule has 1 unspecified atom stereocenters. The van der Waals surface area contributed by atoms with E-state index in [9.17, 15) is 5.11 Å². The van der Waals surface area contributed by atoms with Crippen molar-refractivity contribution in [3.63, 3.8) is 0 Å². The number of aliphatic hydroxyl groups is 1. The first-order valence-electron chi connectivity index (χ1n) is 8.00. The summed E-state index contributed by atoms with van der Waals surface area (Å²) < 4.78 is 7.59. The van der Waals surface area contributed by atoms with Crippen LogP contribution in [0, 0.1) is 6.92 Å². The summed E-state index contributed by atoms with van der Waals surface area (Å²) in [5.41, 5.74) is 4.57. The number of benzene rings is 1. The van der Waals surface area contributed by atoms with Crippen LogP contribution >= 0.6 is 0 Å². The number of aryl methyl sites for hydroxylation is 1. The molecule has 0 saturated heterocycles. The standard InChI is InChI=1S/C19H22N2O2/c1-4-11-23-16-8-6-15(7-9-16)18-19(14(3)22)21-12-13(2)5-10-17(21)20-18/h5-10,12,14,22H,4,11H2,1-3H3. The van der Waals surface area contributed by atoms with Gasteiger partial charge in [-0.25, -0.2) is 4.98 Å². The van der Waals surface area contributed by atoms with Crippen molar-refractivity contribution in [2.45, 2.75) is 33.3 Å². The van der Waals surface area contributed by atoms with Gasteiger partial charge in [-0.3, -0.25) is 0 Å². The lowest BCUT2D eigenvalue weighted by Gasteiger charge is -2.09. The van der Waals surface area contributed by atoms with E-state index in [0.29, 0.717) is 6.61 Å². The number of ether oxygens (including phenoxy) is 1. The SMILES string of the molecule is CCCOc1ccc(-c2nc3ccc(C)cn3c2C(C)O)cc1. The van der Waals surface area contributed by atoms with Gasteiger partial charge in [0.25, 0.3) is 0 Å². The average Bonchev–Trinajstić information content (AvgIpc) is 2.92. The van der Waals surface area contributed by atoms with Crippen molar-refractivity contribution < 1.29 is 9.84 Å². The van der Waals surface area contributed by atoms with Crippen molar-refractivity contribution in [1.82, 2.24) is 9.38 Å². The lowest BCUT2D eigenvalue weighted by atomic mass is 10.1. The van der Waals surface area contributed by atoms with E-state index in [1.54, 1.807) is 6.92 Å². The Morgan fingerprint density at radius 3 is 2.57 bits per heavy atom. The minimum atomic E-state index is -0.599. The molecule has 2 heterocycles. The minimum absolute atomic E-state index is 0.599. The molecule has 0 aliphatic carbocycles. The molecule has 0 saturated carbocycles. The Hall–Kier alpha value is -2.33. The second-order valence-corrected chi connectivity index (χ2v) is 5.83. The molecule has 23 heavy (non-hydrogen) atoms. The fraction of sp³-hybridized carbons (Fsp3) is 0.316. The maximum Gasteiger partial charge on any atom is 0.137 e. The Morgan fingerprint density at radius 1 is 1.17 bits per heavy atom. The van der Waals surface area contributed by atoms with Crippen LogP contribution in [-0.2, 0) is 0 Å². The molecule has 4 heteroatoms. The van der Waals surface area contributed by atoms with Crippen molar-refractivity contribution in [3.8, 4) is 17.0 Å². The fourth-order valence-electron chi connectivity index (χ4n) is 2.71. The lowest BCUT2D eigenvalue weighted by Crippen LogP contribution is -2.00. The normalized spacial score (nSPS) is 12.5. The van der Waals surface area contributed by atoms with Crippen LogP contribution in [-0.4, -0.2) is 21.1 Å². The van der Waals surface area contributed by atoms with Crippen molar-refractivity contribution in [2.24, 2.45) is 0 Å². The molecular formula is C19H22N2O2. The highest BCUT2D eigenvalue weighted by Gasteiger charge is 2.18. The van der Waals surface area contributed by atoms with Gasteiger partial charge >= 0.3 is 0 Å². The Kier molecular flexibility index (Phi) is 4.35. The van der Waals surface area contributed by atoms with E-state index in [1.807, 2.05) is 53.9 Å². The topological polar surface area (TPSA) is 46.8 Å². The van der Waals surface area contributed by atoms with Gasteiger partial charge in [0.05, 0.1) is 24.1 Å². The molecule has 0 fully saturated rings. The Morgan fingerprint density at radius 2 is 1.91 bits per heavy atom. The summed E-state index contributed by atoms with van der Waals surface area (Å²) in [6.07, 6.45) is 2.39. The molecule has 1 atom stereocenters. The number of imidazole rings is 1. The first-order valence-corrected chi connectivity index (χ1v) is 8.00. The summed E-state index contributed by atoms with van der Waals surface area (Å²) in [6, 6.07) is 11.9. The number of fused-ring (bicyclic) bond motifs is 1. The number of hydrogen-bond acceptors (Lipinski definition) is 3. The molecule has 1 N–H and O–H groups in total. The molecule has 2 aromatic heterocycles. The number of nitrogens with zero attached hydrogens (tertiary/aromatic N) is 2. The third-order valence-corrected chi connectivity index (χ3v) is 3.80. The third kappa shape index (κ3) is 3.08. The molecule has 0 amide bonds. The van der Waals surface area contributed by atoms with Crippen molar-refractivity contribution >= 4 is 5.65 Å². The summed E-state index contributed by atoms with van der Waals surface area (Å²) in [4.78, 5) is 4.70. The van der Waals surface area contributed by atoms with Crippen LogP contribution in [0.4, 0.5) is 0 Å². The third-order valence-electron chi connectivity index (χ3n) is 3.80. The number of aliphatic hydroxyl groups excluding tert-OH is 1. The van der Waals surface area contributed by atoms with Gasteiger partial charge in [-0.05, 0) is 56.2 Å². The molecular weight excluding hydrogens is 288 g/mol. The summed E-state index contributed by atoms with van der Waals surface area (Å²) in [6.45, 7) is 6.60. The fourth-order valence-corrected chi connectivity index (χ4v) is 2.71. The maximum absolute atomic E-state index is 10.2. The van der Waals surface area contributed by atoms with Gasteiger partial charge in [-0.2, -0.15) is 0 Å². The summed E-state index contributed by atoms with van der Waals surface area (Å²) in [5, 5.41) is 10.2. The second kappa shape index (κ2) is 6.42. The van der Waals surface area contributed by atoms with E-state index in [1.165, 1.54) is 0 Å². The van der Waals surface area contributed by atoms with Crippen LogP contribution in [0.1, 0.15) is 37.6 Å². The van der Waals surface area contributed by atoms with Crippen LogP contribution in [0.5, 0.6) is 5.75 Å². The molecule has 0 bridgehead atoms. The zero-order valence-electron chi connectivity index (χ0n) is 13.8. The molecule has 4 nitrogen and oxygen atoms in total. The molecule has 0 aliphatic rings. The number of hydrogen-bond donors (Lipinski definition) is 1. The molecule has 3 aromatic rings. The predicted octanol–water partition coefficient (Wildman–Crippen LogP) is 4.15. The van der Waals surface area contributed by atoms with Crippen LogP contribution < -0.4 is 4.74 Å². The van der Waals surface area contributed by atoms with Crippen LogP contribution in [0.15, 0.2) is 42.6 Å². The Balaban J connectivity index is 2.06. The molecule has 120 valence electrons. The number of aromatic nitrogens is 2. The van der Waals surface area contributed by atoms with Gasteiger partial charge in [-0.15, -0.1) is 0 Å². The monoisotopic (exact) mass is 310 g/mol. The highest BCUT2D eigenvalue weighted by molar-refractivity contribution is 5.67. The van der Waals surface area contributed by atoms with Crippen molar-refractivity contribution in [1.29, 1.82) is 0 Å². The van der Waals surface area contributed by atoms with Gasteiger partial charge < -0.3 is 14.2 Å². The lowest BCUT2D eigenvalue weighted by molar-refractivity contribution is 0.194. The van der Waals surface area contributed by atoms with Gasteiger partial charge in [0.15, 0.2) is 0 Å². The largest absolute Gasteiger partial charge is 0.494 e. The quantitative estimate of drug-likeness (QED) is 0.770. The van der Waals surface area contributed by atoms with E-state index >= 15 is 0 Å². The number of pyridine rings is 1. The van der Waals surface area contributed by atoms with E-state index in [0.717, 1.165) is 40.3 Å². The number of rotatable bonds is 5. The molecule has 0 aliphatic heterocycles. The Labute approximate surface area is 136 Å². The van der Waals surface area contributed by atoms with Crippen LogP contribution in [0.2, 0.25) is 0 Å². The molecule has 0 spiro atoms. The summed E-state index contributed by atoms with van der Waals surface area (Å²) >= 11 is 0. The van der Waals surface area contributed by atoms with Crippen LogP contribution in [0.25, 0.3) is 16.9 Å². The minimum Gasteiger partial charge on any atom is -0.494 e. The summed E-state index contributed by atoms with van der Waals surface area (Å²) in [5.74, 6) is 0.855. The average molecular weight is 310 g/mol. The van der Waals surface area contributed by atoms with Gasteiger partial charge in [0.2, 0.25) is 0 Å². The van der Waals surface area contributed by atoms with Gasteiger partial charge in [0.1, 0.15) is 11.4 Å². The molecule has 3 rings (SSSR count). The van der Waals surface area contributed by atoms with Gasteiger partial charge in [0, 0.05) is 11.8 Å². The second-order valence-electron chi connectivity index (χ2n) is 5.83. The first kappa shape index (κ1) is 15.6. The first-order chi connectivity index (χ1) is 11.1. The van der Waals surface area contributed by atoms with Crippen LogP contribution in [0.3, 0.4) is 0 Å². The smallest absolute Gasteiger partial charge is 0.137 e. The van der Waals surface area contributed by atoms with E-state index in [4.69, 9.17) is 9.72 Å². The van der Waals surface area contributed by atoms with E-state index in [-0.39, 0.29) is 0 Å². The van der Waals surface area contributed by atoms with Crippen molar-refractivity contribution in [3.05, 3.63) is 53.9 Å². The summed E-state index contributed by atoms with van der Waals surface area (Å²) in [7, 11) is 0.